The second kappa shape index (κ2) is 8.97. The second-order valence-electron chi connectivity index (χ2n) is 5.05. The van der Waals surface area contributed by atoms with Gasteiger partial charge in [0.05, 0.1) is 4.92 Å². The van der Waals surface area contributed by atoms with Gasteiger partial charge in [-0.1, -0.05) is 30.3 Å². The summed E-state index contributed by atoms with van der Waals surface area (Å²) in [5, 5.41) is 13.2. The molecule has 2 aromatic rings. The molecule has 0 bridgehead atoms. The van der Waals surface area contributed by atoms with Crippen molar-refractivity contribution >= 4 is 23.6 Å². The molecule has 0 radical (unpaired) electrons. The van der Waals surface area contributed by atoms with Gasteiger partial charge in [-0.3, -0.25) is 14.9 Å². The van der Waals surface area contributed by atoms with Gasteiger partial charge >= 0.3 is 5.97 Å². The van der Waals surface area contributed by atoms with Crippen LogP contribution in [0.4, 0.5) is 5.69 Å². The third-order valence-electron chi connectivity index (χ3n) is 3.19. The molecule has 0 spiro atoms. The Morgan fingerprint density at radius 1 is 1.08 bits per heavy atom. The molecule has 0 atom stereocenters. The van der Waals surface area contributed by atoms with Crippen molar-refractivity contribution in [1.29, 1.82) is 0 Å². The Labute approximate surface area is 144 Å². The van der Waals surface area contributed by atoms with Crippen molar-refractivity contribution in [2.45, 2.75) is 6.54 Å². The molecule has 0 fully saturated rings. The third kappa shape index (κ3) is 6.26. The Morgan fingerprint density at radius 3 is 2.40 bits per heavy atom. The molecule has 0 aliphatic heterocycles. The van der Waals surface area contributed by atoms with Crippen LogP contribution >= 0.6 is 0 Å². The highest BCUT2D eigenvalue weighted by atomic mass is 16.6. The maximum Gasteiger partial charge on any atom is 0.331 e. The number of nitro groups is 1. The number of nitro benzene ring substituents is 1. The van der Waals surface area contributed by atoms with Crippen molar-refractivity contribution in [1.82, 2.24) is 5.32 Å². The first-order valence-corrected chi connectivity index (χ1v) is 7.44. The molecule has 128 valence electrons. The van der Waals surface area contributed by atoms with E-state index in [9.17, 15) is 19.7 Å². The first-order valence-electron chi connectivity index (χ1n) is 7.44. The highest BCUT2D eigenvalue weighted by Gasteiger charge is 2.05. The molecular formula is C18H16N2O5. The molecule has 0 aliphatic carbocycles. The maximum absolute atomic E-state index is 11.6. The van der Waals surface area contributed by atoms with E-state index in [4.69, 9.17) is 4.74 Å². The van der Waals surface area contributed by atoms with Crippen LogP contribution in [0.15, 0.2) is 60.7 Å². The normalized spacial score (nSPS) is 10.4. The van der Waals surface area contributed by atoms with Crippen LogP contribution in [0.5, 0.6) is 0 Å². The fourth-order valence-corrected chi connectivity index (χ4v) is 1.90. The monoisotopic (exact) mass is 340 g/mol. The van der Waals surface area contributed by atoms with Gasteiger partial charge in [0.15, 0.2) is 6.61 Å². The van der Waals surface area contributed by atoms with Gasteiger partial charge < -0.3 is 10.1 Å². The van der Waals surface area contributed by atoms with Crippen LogP contribution in [0.3, 0.4) is 0 Å². The lowest BCUT2D eigenvalue weighted by Gasteiger charge is -2.05. The van der Waals surface area contributed by atoms with Crippen molar-refractivity contribution in [2.75, 3.05) is 6.61 Å². The van der Waals surface area contributed by atoms with Gasteiger partial charge in [-0.05, 0) is 29.3 Å². The van der Waals surface area contributed by atoms with Crippen molar-refractivity contribution in [2.24, 2.45) is 0 Å². The summed E-state index contributed by atoms with van der Waals surface area (Å²) in [6.45, 7) is -0.0217. The molecule has 7 heteroatoms. The quantitative estimate of drug-likeness (QED) is 0.361. The zero-order valence-electron chi connectivity index (χ0n) is 13.3. The predicted molar refractivity (Wildman–Crippen MR) is 91.4 cm³/mol. The molecule has 1 amide bonds. The Morgan fingerprint density at radius 2 is 1.76 bits per heavy atom. The van der Waals surface area contributed by atoms with Crippen molar-refractivity contribution in [3.05, 3.63) is 81.9 Å². The highest BCUT2D eigenvalue weighted by molar-refractivity contribution is 5.89. The summed E-state index contributed by atoms with van der Waals surface area (Å²) in [5.41, 5.74) is 1.52. The smallest absolute Gasteiger partial charge is 0.331 e. The number of carbonyl (C=O) groups is 2. The minimum Gasteiger partial charge on any atom is -0.452 e. The average Bonchev–Trinajstić information content (AvgIpc) is 2.64. The Bertz CT molecular complexity index is 770. The molecule has 0 unspecified atom stereocenters. The van der Waals surface area contributed by atoms with Crippen LogP contribution in [-0.4, -0.2) is 23.4 Å². The van der Waals surface area contributed by atoms with Crippen LogP contribution in [0.2, 0.25) is 0 Å². The Balaban J connectivity index is 1.74. The number of esters is 1. The summed E-state index contributed by atoms with van der Waals surface area (Å²) < 4.78 is 4.83. The first kappa shape index (κ1) is 17.9. The topological polar surface area (TPSA) is 98.5 Å². The van der Waals surface area contributed by atoms with Gasteiger partial charge in [-0.25, -0.2) is 4.79 Å². The largest absolute Gasteiger partial charge is 0.452 e. The summed E-state index contributed by atoms with van der Waals surface area (Å²) >= 11 is 0. The molecule has 2 rings (SSSR count). The van der Waals surface area contributed by atoms with Crippen LogP contribution in [0, 0.1) is 10.1 Å². The average molecular weight is 340 g/mol. The molecule has 25 heavy (non-hydrogen) atoms. The van der Waals surface area contributed by atoms with E-state index in [0.29, 0.717) is 12.1 Å². The summed E-state index contributed by atoms with van der Waals surface area (Å²) in [5.74, 6) is -1.07. The van der Waals surface area contributed by atoms with Gasteiger partial charge in [0, 0.05) is 24.8 Å². The van der Waals surface area contributed by atoms with Crippen molar-refractivity contribution in [3.63, 3.8) is 0 Å². The summed E-state index contributed by atoms with van der Waals surface area (Å²) in [6.07, 6.45) is 2.61. The SMILES string of the molecule is O=C(COC(=O)/C=C/c1ccc([N+](=O)[O-])cc1)NCc1ccccc1. The third-order valence-corrected chi connectivity index (χ3v) is 3.19. The number of rotatable bonds is 7. The fraction of sp³-hybridized carbons (Fsp3) is 0.111. The molecule has 0 saturated heterocycles. The molecular weight excluding hydrogens is 324 g/mol. The lowest BCUT2D eigenvalue weighted by molar-refractivity contribution is -0.384. The van der Waals surface area contributed by atoms with E-state index >= 15 is 0 Å². The van der Waals surface area contributed by atoms with Crippen LogP contribution < -0.4 is 5.32 Å². The van der Waals surface area contributed by atoms with Crippen molar-refractivity contribution in [3.8, 4) is 0 Å². The van der Waals surface area contributed by atoms with Gasteiger partial charge in [0.25, 0.3) is 11.6 Å². The van der Waals surface area contributed by atoms with Gasteiger partial charge in [-0.15, -0.1) is 0 Å². The van der Waals surface area contributed by atoms with E-state index in [1.807, 2.05) is 30.3 Å². The molecule has 7 nitrogen and oxygen atoms in total. The number of amides is 1. The number of non-ortho nitro benzene ring substituents is 1. The Hall–Kier alpha value is -3.48. The lowest BCUT2D eigenvalue weighted by Crippen LogP contribution is -2.28. The summed E-state index contributed by atoms with van der Waals surface area (Å²) in [4.78, 5) is 33.2. The van der Waals surface area contributed by atoms with E-state index in [1.54, 1.807) is 0 Å². The first-order chi connectivity index (χ1) is 12.0. The lowest BCUT2D eigenvalue weighted by atomic mass is 10.2. The van der Waals surface area contributed by atoms with Crippen LogP contribution in [-0.2, 0) is 20.9 Å². The molecule has 2 aromatic carbocycles. The van der Waals surface area contributed by atoms with Gasteiger partial charge in [0.2, 0.25) is 0 Å². The number of hydrogen-bond donors (Lipinski definition) is 1. The number of hydrogen-bond acceptors (Lipinski definition) is 5. The minimum absolute atomic E-state index is 0.0326. The van der Waals surface area contributed by atoms with E-state index in [0.717, 1.165) is 11.6 Å². The number of ether oxygens (including phenoxy) is 1. The van der Waals surface area contributed by atoms with Gasteiger partial charge in [0.1, 0.15) is 0 Å². The van der Waals surface area contributed by atoms with E-state index < -0.39 is 16.8 Å². The summed E-state index contributed by atoms with van der Waals surface area (Å²) in [7, 11) is 0. The number of benzene rings is 2. The molecule has 0 saturated carbocycles. The number of carbonyl (C=O) groups excluding carboxylic acids is 2. The van der Waals surface area contributed by atoms with Gasteiger partial charge in [-0.2, -0.15) is 0 Å². The number of nitrogens with one attached hydrogen (secondary N) is 1. The predicted octanol–water partition coefficient (Wildman–Crippen LogP) is 2.47. The standard InChI is InChI=1S/C18H16N2O5/c21-17(19-12-15-4-2-1-3-5-15)13-25-18(22)11-8-14-6-9-16(10-7-14)20(23)24/h1-11H,12-13H2,(H,19,21)/b11-8+. The van der Waals surface area contributed by atoms with Crippen molar-refractivity contribution < 1.29 is 19.2 Å². The van der Waals surface area contributed by atoms with Crippen LogP contribution in [0.1, 0.15) is 11.1 Å². The molecule has 0 heterocycles. The summed E-state index contributed by atoms with van der Waals surface area (Å²) in [6, 6.07) is 15.0. The number of nitrogens with zero attached hydrogens (tertiary/aromatic N) is 1. The van der Waals surface area contributed by atoms with E-state index in [2.05, 4.69) is 5.32 Å². The highest BCUT2D eigenvalue weighted by Crippen LogP contribution is 2.12. The fourth-order valence-electron chi connectivity index (χ4n) is 1.90. The second-order valence-corrected chi connectivity index (χ2v) is 5.05. The molecule has 1 N–H and O–H groups in total. The molecule has 0 aromatic heterocycles. The van der Waals surface area contributed by atoms with E-state index in [-0.39, 0.29) is 12.3 Å². The van der Waals surface area contributed by atoms with E-state index in [1.165, 1.54) is 30.3 Å². The zero-order valence-corrected chi connectivity index (χ0v) is 13.3. The minimum atomic E-state index is -0.673. The zero-order chi connectivity index (χ0) is 18.1. The van der Waals surface area contributed by atoms with Crippen LogP contribution in [0.25, 0.3) is 6.08 Å². The Kier molecular flexibility index (Phi) is 6.41. The molecule has 0 aliphatic rings. The maximum atomic E-state index is 11.6.